The highest BCUT2D eigenvalue weighted by Gasteiger charge is 2.30. The summed E-state index contributed by atoms with van der Waals surface area (Å²) in [5.74, 6) is 0. The molecule has 3 nitrogen and oxygen atoms in total. The van der Waals surface area contributed by atoms with Crippen LogP contribution in [0.5, 0.6) is 0 Å². The minimum atomic E-state index is 0.761. The topological polar surface area (TPSA) is 9.72 Å². The first-order valence-electron chi connectivity index (χ1n) is 10.2. The maximum absolute atomic E-state index is 2.82. The van der Waals surface area contributed by atoms with Crippen LogP contribution in [0.25, 0.3) is 0 Å². The van der Waals surface area contributed by atoms with Gasteiger partial charge in [-0.1, -0.05) is 37.5 Å². The number of hydrogen-bond donors (Lipinski definition) is 0. The fourth-order valence-corrected chi connectivity index (χ4v) is 5.05. The van der Waals surface area contributed by atoms with Crippen molar-refractivity contribution in [1.82, 2.24) is 9.80 Å². The molecule has 2 heterocycles. The molecule has 3 aliphatic rings. The average molecular weight is 328 g/mol. The van der Waals surface area contributed by atoms with Crippen LogP contribution < -0.4 is 4.90 Å². The van der Waals surface area contributed by atoms with Crippen molar-refractivity contribution in [2.75, 3.05) is 44.2 Å². The SMILES string of the molecule is c1ccc(N2CCC(N3CCCN(C4CCCCC4)CC3)C2)cc1. The number of nitrogens with zero attached hydrogens (tertiary/aromatic N) is 3. The van der Waals surface area contributed by atoms with Crippen LogP contribution in [0.3, 0.4) is 0 Å². The van der Waals surface area contributed by atoms with Crippen molar-refractivity contribution < 1.29 is 0 Å². The van der Waals surface area contributed by atoms with E-state index in [-0.39, 0.29) is 0 Å². The van der Waals surface area contributed by atoms with Crippen molar-refractivity contribution in [3.8, 4) is 0 Å². The standard InChI is InChI=1S/C21H33N3/c1-3-8-19(9-4-1)22-13-7-14-23(17-16-22)21-12-15-24(18-21)20-10-5-2-6-11-20/h2,5-6,10-11,19,21H,1,3-4,7-9,12-18H2. The zero-order valence-corrected chi connectivity index (χ0v) is 15.1. The van der Waals surface area contributed by atoms with Gasteiger partial charge in [0.1, 0.15) is 0 Å². The van der Waals surface area contributed by atoms with E-state index in [2.05, 4.69) is 45.0 Å². The number of hydrogen-bond acceptors (Lipinski definition) is 3. The van der Waals surface area contributed by atoms with E-state index in [9.17, 15) is 0 Å². The number of rotatable bonds is 3. The molecule has 4 rings (SSSR count). The van der Waals surface area contributed by atoms with Crippen LogP contribution in [0.15, 0.2) is 30.3 Å². The second-order valence-corrected chi connectivity index (χ2v) is 7.94. The molecule has 0 radical (unpaired) electrons. The third kappa shape index (κ3) is 3.78. The Morgan fingerprint density at radius 2 is 1.33 bits per heavy atom. The lowest BCUT2D eigenvalue weighted by atomic mass is 9.94. The maximum atomic E-state index is 2.82. The molecule has 1 aromatic carbocycles. The predicted octanol–water partition coefficient (Wildman–Crippen LogP) is 3.61. The van der Waals surface area contributed by atoms with E-state index in [4.69, 9.17) is 0 Å². The molecule has 0 spiro atoms. The normalized spacial score (nSPS) is 28.2. The lowest BCUT2D eigenvalue weighted by Gasteiger charge is -2.34. The van der Waals surface area contributed by atoms with Crippen molar-refractivity contribution >= 4 is 5.69 Å². The molecule has 2 aliphatic heterocycles. The van der Waals surface area contributed by atoms with E-state index in [1.807, 2.05) is 0 Å². The second-order valence-electron chi connectivity index (χ2n) is 7.94. The summed E-state index contributed by atoms with van der Waals surface area (Å²) in [5.41, 5.74) is 1.40. The molecule has 1 saturated carbocycles. The van der Waals surface area contributed by atoms with Crippen molar-refractivity contribution in [3.63, 3.8) is 0 Å². The Bertz CT molecular complexity index is 497. The zero-order chi connectivity index (χ0) is 16.2. The van der Waals surface area contributed by atoms with Crippen LogP contribution in [0.2, 0.25) is 0 Å². The third-order valence-electron chi connectivity index (χ3n) is 6.46. The van der Waals surface area contributed by atoms with E-state index in [1.54, 1.807) is 0 Å². The fraction of sp³-hybridized carbons (Fsp3) is 0.714. The molecule has 0 bridgehead atoms. The van der Waals surface area contributed by atoms with Crippen LogP contribution >= 0.6 is 0 Å². The van der Waals surface area contributed by atoms with Crippen LogP contribution in [0.4, 0.5) is 5.69 Å². The molecule has 2 saturated heterocycles. The van der Waals surface area contributed by atoms with Crippen LogP contribution in [-0.2, 0) is 0 Å². The molecule has 1 atom stereocenters. The number of para-hydroxylation sites is 1. The molecule has 132 valence electrons. The second kappa shape index (κ2) is 7.88. The van der Waals surface area contributed by atoms with E-state index in [1.165, 1.54) is 89.9 Å². The smallest absolute Gasteiger partial charge is 0.0366 e. The van der Waals surface area contributed by atoms with Gasteiger partial charge in [0, 0.05) is 44.0 Å². The first kappa shape index (κ1) is 16.4. The Labute approximate surface area is 147 Å². The summed E-state index contributed by atoms with van der Waals surface area (Å²) in [4.78, 5) is 8.20. The molecule has 1 aromatic rings. The van der Waals surface area contributed by atoms with E-state index in [0.29, 0.717) is 0 Å². The fourth-order valence-electron chi connectivity index (χ4n) is 5.05. The van der Waals surface area contributed by atoms with E-state index >= 15 is 0 Å². The molecule has 0 N–H and O–H groups in total. The molecule has 3 heteroatoms. The lowest BCUT2D eigenvalue weighted by molar-refractivity contribution is 0.153. The minimum absolute atomic E-state index is 0.761. The van der Waals surface area contributed by atoms with Gasteiger partial charge in [0.2, 0.25) is 0 Å². The minimum Gasteiger partial charge on any atom is -0.370 e. The molecule has 3 fully saturated rings. The Morgan fingerprint density at radius 1 is 0.625 bits per heavy atom. The van der Waals surface area contributed by atoms with Crippen LogP contribution in [0.1, 0.15) is 44.9 Å². The highest BCUT2D eigenvalue weighted by Crippen LogP contribution is 2.26. The zero-order valence-electron chi connectivity index (χ0n) is 15.1. The van der Waals surface area contributed by atoms with Crippen molar-refractivity contribution in [2.45, 2.75) is 57.0 Å². The summed E-state index contributed by atoms with van der Waals surface area (Å²) in [6.07, 6.45) is 9.97. The summed E-state index contributed by atoms with van der Waals surface area (Å²) in [6.45, 7) is 7.65. The molecule has 1 unspecified atom stereocenters. The first-order chi connectivity index (χ1) is 11.9. The highest BCUT2D eigenvalue weighted by molar-refractivity contribution is 5.47. The van der Waals surface area contributed by atoms with Gasteiger partial charge in [-0.25, -0.2) is 0 Å². The molecule has 1 aliphatic carbocycles. The Kier molecular flexibility index (Phi) is 5.39. The van der Waals surface area contributed by atoms with Crippen molar-refractivity contribution in [1.29, 1.82) is 0 Å². The Balaban J connectivity index is 1.31. The third-order valence-corrected chi connectivity index (χ3v) is 6.46. The van der Waals surface area contributed by atoms with Gasteiger partial charge in [-0.2, -0.15) is 0 Å². The quantitative estimate of drug-likeness (QED) is 0.840. The summed E-state index contributed by atoms with van der Waals surface area (Å²) in [7, 11) is 0. The monoisotopic (exact) mass is 327 g/mol. The summed E-state index contributed by atoms with van der Waals surface area (Å²) >= 11 is 0. The van der Waals surface area contributed by atoms with Gasteiger partial charge in [-0.05, 0) is 50.9 Å². The van der Waals surface area contributed by atoms with Gasteiger partial charge >= 0.3 is 0 Å². The van der Waals surface area contributed by atoms with E-state index in [0.717, 1.165) is 12.1 Å². The molecule has 0 aromatic heterocycles. The predicted molar refractivity (Wildman–Crippen MR) is 102 cm³/mol. The van der Waals surface area contributed by atoms with Gasteiger partial charge in [-0.15, -0.1) is 0 Å². The Morgan fingerprint density at radius 3 is 2.08 bits per heavy atom. The average Bonchev–Trinajstić information content (AvgIpc) is 3.01. The van der Waals surface area contributed by atoms with Gasteiger partial charge in [0.15, 0.2) is 0 Å². The van der Waals surface area contributed by atoms with Crippen molar-refractivity contribution in [3.05, 3.63) is 30.3 Å². The van der Waals surface area contributed by atoms with Crippen molar-refractivity contribution in [2.24, 2.45) is 0 Å². The van der Waals surface area contributed by atoms with E-state index < -0.39 is 0 Å². The molecule has 0 amide bonds. The molecule has 24 heavy (non-hydrogen) atoms. The first-order valence-corrected chi connectivity index (χ1v) is 10.2. The largest absolute Gasteiger partial charge is 0.370 e. The summed E-state index contributed by atoms with van der Waals surface area (Å²) in [6, 6.07) is 12.6. The summed E-state index contributed by atoms with van der Waals surface area (Å²) < 4.78 is 0. The van der Waals surface area contributed by atoms with Gasteiger partial charge in [-0.3, -0.25) is 9.80 Å². The number of benzene rings is 1. The molecular weight excluding hydrogens is 294 g/mol. The number of anilines is 1. The van der Waals surface area contributed by atoms with Gasteiger partial charge < -0.3 is 4.90 Å². The highest BCUT2D eigenvalue weighted by atomic mass is 15.3. The van der Waals surface area contributed by atoms with Crippen LogP contribution in [-0.4, -0.2) is 61.2 Å². The van der Waals surface area contributed by atoms with Gasteiger partial charge in [0.05, 0.1) is 0 Å². The van der Waals surface area contributed by atoms with Gasteiger partial charge in [0.25, 0.3) is 0 Å². The lowest BCUT2D eigenvalue weighted by Crippen LogP contribution is -2.42. The molecular formula is C21H33N3. The maximum Gasteiger partial charge on any atom is 0.0366 e. The Hall–Kier alpha value is -1.06. The van der Waals surface area contributed by atoms with Crippen LogP contribution in [0, 0.1) is 0 Å². The summed E-state index contributed by atoms with van der Waals surface area (Å²) in [5, 5.41) is 0.